The summed E-state index contributed by atoms with van der Waals surface area (Å²) >= 11 is 0. The Labute approximate surface area is 114 Å². The van der Waals surface area contributed by atoms with Crippen LogP contribution in [0, 0.1) is 18.8 Å². The predicted octanol–water partition coefficient (Wildman–Crippen LogP) is 5.24. The van der Waals surface area contributed by atoms with Gasteiger partial charge in [-0.25, -0.2) is 0 Å². The average molecular weight is 245 g/mol. The maximum atomic E-state index is 4.00. The van der Waals surface area contributed by atoms with E-state index in [9.17, 15) is 0 Å². The number of rotatable bonds is 7. The van der Waals surface area contributed by atoms with Gasteiger partial charge in [0, 0.05) is 0 Å². The molecule has 1 aromatic rings. The molecule has 0 N–H and O–H groups in total. The van der Waals surface area contributed by atoms with Crippen molar-refractivity contribution in [3.63, 3.8) is 0 Å². The first-order valence-corrected chi connectivity index (χ1v) is 7.42. The van der Waals surface area contributed by atoms with Crippen LogP contribution in [0.1, 0.15) is 57.2 Å². The van der Waals surface area contributed by atoms with E-state index >= 15 is 0 Å². The van der Waals surface area contributed by atoms with Crippen LogP contribution in [0.4, 0.5) is 0 Å². The molecule has 0 heterocycles. The van der Waals surface area contributed by atoms with Crippen molar-refractivity contribution in [3.05, 3.63) is 41.8 Å². The molecule has 0 bridgehead atoms. The fourth-order valence-electron chi connectivity index (χ4n) is 2.20. The summed E-state index contributed by atoms with van der Waals surface area (Å²) in [5.74, 6) is 1.57. The molecule has 1 radical (unpaired) electrons. The average Bonchev–Trinajstić information content (AvgIpc) is 2.34. The van der Waals surface area contributed by atoms with Gasteiger partial charge >= 0.3 is 0 Å². The Bertz CT molecular complexity index is 347. The molecule has 0 spiro atoms. The van der Waals surface area contributed by atoms with E-state index in [1.54, 1.807) is 11.1 Å². The molecule has 0 saturated carbocycles. The van der Waals surface area contributed by atoms with Gasteiger partial charge in [-0.1, -0.05) is 45.9 Å². The van der Waals surface area contributed by atoms with E-state index in [0.717, 1.165) is 18.3 Å². The zero-order valence-electron chi connectivity index (χ0n) is 12.6. The first-order valence-electron chi connectivity index (χ1n) is 7.42. The lowest BCUT2D eigenvalue weighted by Crippen LogP contribution is -2.01. The van der Waals surface area contributed by atoms with E-state index in [1.165, 1.54) is 31.2 Å². The van der Waals surface area contributed by atoms with E-state index < -0.39 is 0 Å². The van der Waals surface area contributed by atoms with Gasteiger partial charge in [0.05, 0.1) is 0 Å². The Kier molecular flexibility index (Phi) is 6.46. The van der Waals surface area contributed by atoms with Gasteiger partial charge in [0.25, 0.3) is 0 Å². The molecule has 0 nitrogen and oxygen atoms in total. The first-order chi connectivity index (χ1) is 8.52. The van der Waals surface area contributed by atoms with Gasteiger partial charge in [0.2, 0.25) is 0 Å². The van der Waals surface area contributed by atoms with Crippen molar-refractivity contribution in [2.75, 3.05) is 0 Å². The molecule has 0 unspecified atom stereocenters. The molecule has 0 aliphatic carbocycles. The summed E-state index contributed by atoms with van der Waals surface area (Å²) in [5.41, 5.74) is 4.49. The minimum atomic E-state index is 0.784. The molecule has 0 atom stereocenters. The predicted molar refractivity (Wildman–Crippen MR) is 81.8 cm³/mol. The maximum absolute atomic E-state index is 4.00. The maximum Gasteiger partial charge on any atom is -0.0274 e. The molecule has 0 aliphatic rings. The second-order valence-corrected chi connectivity index (χ2v) is 6.22. The molecule has 0 saturated heterocycles. The second kappa shape index (κ2) is 7.61. The lowest BCUT2D eigenvalue weighted by molar-refractivity contribution is 0.571. The Morgan fingerprint density at radius 1 is 0.889 bits per heavy atom. The van der Waals surface area contributed by atoms with Crippen molar-refractivity contribution in [2.24, 2.45) is 11.8 Å². The number of hydrogen-bond donors (Lipinski definition) is 0. The highest BCUT2D eigenvalue weighted by Crippen LogP contribution is 2.19. The zero-order valence-corrected chi connectivity index (χ0v) is 12.6. The minimum absolute atomic E-state index is 0.784. The summed E-state index contributed by atoms with van der Waals surface area (Å²) in [4.78, 5) is 0. The summed E-state index contributed by atoms with van der Waals surface area (Å²) in [6.07, 6.45) is 5.92. The number of benzene rings is 1. The molecule has 1 aromatic carbocycles. The van der Waals surface area contributed by atoms with Crippen molar-refractivity contribution in [1.82, 2.24) is 0 Å². The second-order valence-electron chi connectivity index (χ2n) is 6.22. The Hall–Kier alpha value is -0.780. The standard InChI is InChI=1S/C18H29/c1-6-16-9-12-17(10-7-14(2)3)18(13-16)11-8-15(4)5/h9,12-15H,1,6-8,10-11H2,2-5H3. The van der Waals surface area contributed by atoms with E-state index in [0.29, 0.717) is 0 Å². The molecule has 1 rings (SSSR count). The zero-order chi connectivity index (χ0) is 13.5. The van der Waals surface area contributed by atoms with Gasteiger partial charge in [-0.2, -0.15) is 0 Å². The Morgan fingerprint density at radius 3 is 1.94 bits per heavy atom. The van der Waals surface area contributed by atoms with Crippen LogP contribution in [-0.4, -0.2) is 0 Å². The summed E-state index contributed by atoms with van der Waals surface area (Å²) in [5, 5.41) is 0. The SMILES string of the molecule is [CH2]Cc1ccc(CCC(C)C)c(CCC(C)C)c1. The first kappa shape index (κ1) is 15.3. The summed E-state index contributed by atoms with van der Waals surface area (Å²) < 4.78 is 0. The van der Waals surface area contributed by atoms with Crippen molar-refractivity contribution in [3.8, 4) is 0 Å². The highest BCUT2D eigenvalue weighted by molar-refractivity contribution is 5.33. The van der Waals surface area contributed by atoms with Gasteiger partial charge in [-0.15, -0.1) is 0 Å². The van der Waals surface area contributed by atoms with Crippen LogP contribution >= 0.6 is 0 Å². The van der Waals surface area contributed by atoms with Crippen molar-refractivity contribution in [1.29, 1.82) is 0 Å². The molecule has 0 fully saturated rings. The highest BCUT2D eigenvalue weighted by Gasteiger charge is 2.06. The normalized spacial score (nSPS) is 11.5. The van der Waals surface area contributed by atoms with E-state index in [1.807, 2.05) is 0 Å². The van der Waals surface area contributed by atoms with Crippen LogP contribution < -0.4 is 0 Å². The number of aryl methyl sites for hydroxylation is 2. The fourth-order valence-corrected chi connectivity index (χ4v) is 2.20. The van der Waals surface area contributed by atoms with Crippen LogP contribution in [0.3, 0.4) is 0 Å². The molecule has 101 valence electrons. The monoisotopic (exact) mass is 245 g/mol. The topological polar surface area (TPSA) is 0 Å². The van der Waals surface area contributed by atoms with E-state index in [4.69, 9.17) is 0 Å². The van der Waals surface area contributed by atoms with E-state index in [2.05, 4.69) is 52.8 Å². The smallest absolute Gasteiger partial charge is 0.0274 e. The van der Waals surface area contributed by atoms with Crippen LogP contribution in [0.5, 0.6) is 0 Å². The van der Waals surface area contributed by atoms with Crippen LogP contribution in [0.25, 0.3) is 0 Å². The lowest BCUT2D eigenvalue weighted by atomic mass is 9.92. The summed E-state index contributed by atoms with van der Waals surface area (Å²) in [7, 11) is 0. The quantitative estimate of drug-likeness (QED) is 0.616. The molecule has 0 aromatic heterocycles. The fraction of sp³-hybridized carbons (Fsp3) is 0.611. The van der Waals surface area contributed by atoms with E-state index in [-0.39, 0.29) is 0 Å². The van der Waals surface area contributed by atoms with Crippen LogP contribution in [0.15, 0.2) is 18.2 Å². The molecule has 18 heavy (non-hydrogen) atoms. The Balaban J connectivity index is 2.79. The molecule has 0 heteroatoms. The van der Waals surface area contributed by atoms with Crippen molar-refractivity contribution < 1.29 is 0 Å². The van der Waals surface area contributed by atoms with Gasteiger partial charge in [0.15, 0.2) is 0 Å². The van der Waals surface area contributed by atoms with Crippen LogP contribution in [-0.2, 0) is 19.3 Å². The summed E-state index contributed by atoms with van der Waals surface area (Å²) in [6.45, 7) is 13.2. The number of hydrogen-bond acceptors (Lipinski definition) is 0. The minimum Gasteiger partial charge on any atom is -0.0628 e. The third-order valence-electron chi connectivity index (χ3n) is 3.54. The van der Waals surface area contributed by atoms with Crippen molar-refractivity contribution >= 4 is 0 Å². The lowest BCUT2D eigenvalue weighted by Gasteiger charge is -2.14. The van der Waals surface area contributed by atoms with Gasteiger partial charge in [0.1, 0.15) is 0 Å². The van der Waals surface area contributed by atoms with Crippen LogP contribution in [0.2, 0.25) is 0 Å². The summed E-state index contributed by atoms with van der Waals surface area (Å²) in [6, 6.07) is 6.96. The third-order valence-corrected chi connectivity index (χ3v) is 3.54. The third kappa shape index (κ3) is 5.25. The molecule has 0 amide bonds. The van der Waals surface area contributed by atoms with Gasteiger partial charge in [-0.05, 0) is 67.6 Å². The molecular weight excluding hydrogens is 216 g/mol. The largest absolute Gasteiger partial charge is 0.0628 e. The molecule has 0 aliphatic heterocycles. The van der Waals surface area contributed by atoms with Crippen molar-refractivity contribution in [2.45, 2.75) is 59.8 Å². The Morgan fingerprint density at radius 2 is 1.44 bits per heavy atom. The highest BCUT2D eigenvalue weighted by atomic mass is 14.1. The van der Waals surface area contributed by atoms with Gasteiger partial charge < -0.3 is 0 Å². The molecular formula is C18H29. The van der Waals surface area contributed by atoms with Gasteiger partial charge in [-0.3, -0.25) is 0 Å².